The fourth-order valence-corrected chi connectivity index (χ4v) is 3.18. The first-order chi connectivity index (χ1) is 10.7. The molecule has 1 saturated heterocycles. The van der Waals surface area contributed by atoms with Gasteiger partial charge in [-0.25, -0.2) is 0 Å². The van der Waals surface area contributed by atoms with Crippen LogP contribution in [0.25, 0.3) is 0 Å². The van der Waals surface area contributed by atoms with Crippen molar-refractivity contribution in [3.63, 3.8) is 0 Å². The summed E-state index contributed by atoms with van der Waals surface area (Å²) in [6.45, 7) is 1.24. The summed E-state index contributed by atoms with van der Waals surface area (Å²) in [7, 11) is 0. The first-order valence-corrected chi connectivity index (χ1v) is 7.99. The lowest BCUT2D eigenvalue weighted by atomic mass is 9.93. The van der Waals surface area contributed by atoms with Crippen LogP contribution in [0.15, 0.2) is 42.5 Å². The van der Waals surface area contributed by atoms with E-state index in [2.05, 4.69) is 17.5 Å². The fourth-order valence-electron chi connectivity index (χ4n) is 3.18. The van der Waals surface area contributed by atoms with Gasteiger partial charge in [0, 0.05) is 25.4 Å². The van der Waals surface area contributed by atoms with Gasteiger partial charge in [-0.2, -0.15) is 0 Å². The molecule has 22 heavy (non-hydrogen) atoms. The van der Waals surface area contributed by atoms with E-state index in [4.69, 9.17) is 0 Å². The van der Waals surface area contributed by atoms with Crippen LogP contribution >= 0.6 is 0 Å². The summed E-state index contributed by atoms with van der Waals surface area (Å²) in [5, 5.41) is 3.06. The van der Waals surface area contributed by atoms with Gasteiger partial charge >= 0.3 is 0 Å². The number of carbonyl (C=O) groups is 2. The zero-order valence-electron chi connectivity index (χ0n) is 12.7. The number of hydrogen-bond acceptors (Lipinski definition) is 2. The maximum Gasteiger partial charge on any atom is 0.225 e. The summed E-state index contributed by atoms with van der Waals surface area (Å²) in [5.41, 5.74) is 1.13. The molecule has 2 aliphatic rings. The van der Waals surface area contributed by atoms with E-state index in [1.165, 1.54) is 0 Å². The molecule has 0 spiro atoms. The average Bonchev–Trinajstić information content (AvgIpc) is 2.88. The van der Waals surface area contributed by atoms with Crippen molar-refractivity contribution in [1.29, 1.82) is 0 Å². The van der Waals surface area contributed by atoms with Crippen molar-refractivity contribution in [1.82, 2.24) is 10.2 Å². The van der Waals surface area contributed by atoms with Crippen LogP contribution < -0.4 is 5.32 Å². The molecular formula is C18H22N2O2. The number of hydrogen-bond donors (Lipinski definition) is 1. The second-order valence-corrected chi connectivity index (χ2v) is 6.15. The third-order valence-electron chi connectivity index (χ3n) is 4.42. The molecule has 4 heteroatoms. The summed E-state index contributed by atoms with van der Waals surface area (Å²) in [6, 6.07) is 9.92. The highest BCUT2D eigenvalue weighted by atomic mass is 16.2. The van der Waals surface area contributed by atoms with E-state index in [1.807, 2.05) is 35.2 Å². The van der Waals surface area contributed by atoms with Gasteiger partial charge in [0.05, 0.1) is 6.04 Å². The Hall–Kier alpha value is -2.10. The zero-order chi connectivity index (χ0) is 15.4. The first kappa shape index (κ1) is 14.8. The number of carbonyl (C=O) groups excluding carboxylic acids is 2. The lowest BCUT2D eigenvalue weighted by molar-refractivity contribution is -0.128. The number of likely N-dealkylation sites (tertiary alicyclic amines) is 1. The summed E-state index contributed by atoms with van der Waals surface area (Å²) >= 11 is 0. The minimum absolute atomic E-state index is 0.0466. The molecular weight excluding hydrogens is 276 g/mol. The Labute approximate surface area is 131 Å². The van der Waals surface area contributed by atoms with Crippen LogP contribution in [-0.2, 0) is 16.1 Å². The van der Waals surface area contributed by atoms with Crippen molar-refractivity contribution in [3.8, 4) is 0 Å². The summed E-state index contributed by atoms with van der Waals surface area (Å²) in [6.07, 6.45) is 7.33. The van der Waals surface area contributed by atoms with E-state index in [0.29, 0.717) is 19.5 Å². The van der Waals surface area contributed by atoms with Crippen molar-refractivity contribution in [2.75, 3.05) is 6.54 Å². The summed E-state index contributed by atoms with van der Waals surface area (Å²) in [4.78, 5) is 26.2. The van der Waals surface area contributed by atoms with Gasteiger partial charge in [0.1, 0.15) is 0 Å². The molecule has 1 aromatic rings. The number of nitrogens with one attached hydrogen (secondary N) is 1. The molecule has 1 N–H and O–H groups in total. The lowest BCUT2D eigenvalue weighted by Crippen LogP contribution is -2.40. The highest BCUT2D eigenvalue weighted by Gasteiger charge is 2.31. The zero-order valence-corrected chi connectivity index (χ0v) is 12.7. The second kappa shape index (κ2) is 6.77. The van der Waals surface area contributed by atoms with Gasteiger partial charge < -0.3 is 10.2 Å². The average molecular weight is 298 g/mol. The fraction of sp³-hybridized carbons (Fsp3) is 0.444. The number of allylic oxidation sites excluding steroid dienone is 2. The van der Waals surface area contributed by atoms with Crippen LogP contribution in [-0.4, -0.2) is 29.3 Å². The van der Waals surface area contributed by atoms with Crippen LogP contribution in [0.2, 0.25) is 0 Å². The van der Waals surface area contributed by atoms with Gasteiger partial charge in [0.2, 0.25) is 11.8 Å². The Kier molecular flexibility index (Phi) is 4.56. The quantitative estimate of drug-likeness (QED) is 0.867. The minimum atomic E-state index is -0.0466. The number of amides is 2. The second-order valence-electron chi connectivity index (χ2n) is 6.15. The molecule has 0 aromatic heterocycles. The Balaban J connectivity index is 1.53. The number of rotatable bonds is 4. The van der Waals surface area contributed by atoms with Crippen LogP contribution in [0.3, 0.4) is 0 Å². The molecule has 0 unspecified atom stereocenters. The Morgan fingerprint density at radius 3 is 2.77 bits per heavy atom. The van der Waals surface area contributed by atoms with Crippen molar-refractivity contribution < 1.29 is 9.59 Å². The lowest BCUT2D eigenvalue weighted by Gasteiger charge is -2.21. The molecule has 3 rings (SSSR count). The van der Waals surface area contributed by atoms with Gasteiger partial charge in [-0.3, -0.25) is 9.59 Å². The monoisotopic (exact) mass is 298 g/mol. The van der Waals surface area contributed by atoms with E-state index < -0.39 is 0 Å². The molecule has 1 aromatic carbocycles. The summed E-state index contributed by atoms with van der Waals surface area (Å²) < 4.78 is 0. The Morgan fingerprint density at radius 1 is 1.23 bits per heavy atom. The van der Waals surface area contributed by atoms with E-state index in [9.17, 15) is 9.59 Å². The van der Waals surface area contributed by atoms with Gasteiger partial charge in [0.15, 0.2) is 0 Å². The molecule has 0 bridgehead atoms. The van der Waals surface area contributed by atoms with Gasteiger partial charge in [-0.15, -0.1) is 0 Å². The number of nitrogens with zero attached hydrogens (tertiary/aromatic N) is 1. The smallest absolute Gasteiger partial charge is 0.225 e. The molecule has 116 valence electrons. The van der Waals surface area contributed by atoms with Crippen molar-refractivity contribution in [3.05, 3.63) is 48.0 Å². The van der Waals surface area contributed by atoms with Crippen molar-refractivity contribution in [2.45, 2.75) is 38.3 Å². The molecule has 4 nitrogen and oxygen atoms in total. The minimum Gasteiger partial charge on any atom is -0.351 e. The van der Waals surface area contributed by atoms with Gasteiger partial charge in [0.25, 0.3) is 0 Å². The highest BCUT2D eigenvalue weighted by molar-refractivity contribution is 5.83. The SMILES string of the molecule is O=C(N[C@H]1CC(=O)N(Cc2ccccc2)C1)[C@H]1CC=CCC1. The predicted molar refractivity (Wildman–Crippen MR) is 84.9 cm³/mol. The number of benzene rings is 1. The predicted octanol–water partition coefficient (Wildman–Crippen LogP) is 2.26. The maximum atomic E-state index is 12.3. The molecule has 1 heterocycles. The third kappa shape index (κ3) is 3.56. The molecule has 1 aliphatic carbocycles. The van der Waals surface area contributed by atoms with E-state index in [1.54, 1.807) is 0 Å². The molecule has 0 radical (unpaired) electrons. The van der Waals surface area contributed by atoms with Crippen LogP contribution in [0.5, 0.6) is 0 Å². The highest BCUT2D eigenvalue weighted by Crippen LogP contribution is 2.20. The van der Waals surface area contributed by atoms with E-state index in [0.717, 1.165) is 24.8 Å². The molecule has 2 atom stereocenters. The van der Waals surface area contributed by atoms with Crippen LogP contribution in [0, 0.1) is 5.92 Å². The normalized spacial score (nSPS) is 24.5. The van der Waals surface area contributed by atoms with Gasteiger partial charge in [-0.05, 0) is 24.8 Å². The first-order valence-electron chi connectivity index (χ1n) is 7.99. The third-order valence-corrected chi connectivity index (χ3v) is 4.42. The molecule has 2 amide bonds. The standard InChI is InChI=1S/C18H22N2O2/c21-17-11-16(19-18(22)15-9-5-2-6-10-15)13-20(17)12-14-7-3-1-4-8-14/h1-5,7-8,15-16H,6,9-13H2,(H,19,22)/t15-,16-/m0/s1. The summed E-state index contributed by atoms with van der Waals surface area (Å²) in [5.74, 6) is 0.296. The van der Waals surface area contributed by atoms with E-state index in [-0.39, 0.29) is 23.8 Å². The van der Waals surface area contributed by atoms with Crippen LogP contribution in [0.1, 0.15) is 31.2 Å². The molecule has 0 saturated carbocycles. The Morgan fingerprint density at radius 2 is 2.05 bits per heavy atom. The molecule has 1 fully saturated rings. The largest absolute Gasteiger partial charge is 0.351 e. The maximum absolute atomic E-state index is 12.3. The van der Waals surface area contributed by atoms with Crippen molar-refractivity contribution in [2.24, 2.45) is 5.92 Å². The van der Waals surface area contributed by atoms with Crippen molar-refractivity contribution >= 4 is 11.8 Å². The molecule has 1 aliphatic heterocycles. The topological polar surface area (TPSA) is 49.4 Å². The van der Waals surface area contributed by atoms with E-state index >= 15 is 0 Å². The Bertz CT molecular complexity index is 568. The van der Waals surface area contributed by atoms with Crippen LogP contribution in [0.4, 0.5) is 0 Å². The van der Waals surface area contributed by atoms with Gasteiger partial charge in [-0.1, -0.05) is 42.5 Å².